The maximum atomic E-state index is 12.8. The Bertz CT molecular complexity index is 924. The van der Waals surface area contributed by atoms with Gasteiger partial charge < -0.3 is 20.5 Å². The number of hydrogen-bond acceptors (Lipinski definition) is 6. The quantitative estimate of drug-likeness (QED) is 0.570. The normalized spacial score (nSPS) is 25.9. The highest BCUT2D eigenvalue weighted by atomic mass is 32.2. The number of ether oxygens (including phenoxy) is 1. The van der Waals surface area contributed by atoms with Crippen molar-refractivity contribution in [2.45, 2.75) is 17.8 Å². The molecular weight excluding hydrogens is 382 g/mol. The molecule has 3 aliphatic heterocycles. The molecule has 3 N–H and O–H groups in total. The SMILES string of the molecule is COc1ccc(N2CC/C(=C\C3=C(C(=O)O)N4C(=O)C(N)C4SC3)C2=O)cc1. The molecule has 0 bridgehead atoms. The fourth-order valence-electron chi connectivity index (χ4n) is 3.62. The van der Waals surface area contributed by atoms with Crippen molar-refractivity contribution >= 4 is 35.2 Å². The van der Waals surface area contributed by atoms with Crippen LogP contribution in [-0.4, -0.2) is 58.6 Å². The number of hydrogen-bond donors (Lipinski definition) is 2. The van der Waals surface area contributed by atoms with Crippen LogP contribution in [0.2, 0.25) is 0 Å². The van der Waals surface area contributed by atoms with Crippen molar-refractivity contribution in [1.29, 1.82) is 0 Å². The van der Waals surface area contributed by atoms with Crippen LogP contribution in [0.25, 0.3) is 0 Å². The lowest BCUT2D eigenvalue weighted by molar-refractivity contribution is -0.147. The van der Waals surface area contributed by atoms with Crippen molar-refractivity contribution in [3.05, 3.63) is 47.2 Å². The number of carboxylic acids is 1. The molecule has 2 amide bonds. The molecule has 8 nitrogen and oxygen atoms in total. The van der Waals surface area contributed by atoms with Crippen LogP contribution in [0.1, 0.15) is 6.42 Å². The number of carbonyl (C=O) groups excluding carboxylic acids is 2. The lowest BCUT2D eigenvalue weighted by Crippen LogP contribution is -2.68. The van der Waals surface area contributed by atoms with Gasteiger partial charge in [0.1, 0.15) is 22.9 Å². The number of allylic oxidation sites excluding steroid dienone is 1. The first kappa shape index (κ1) is 18.6. The van der Waals surface area contributed by atoms with Crippen LogP contribution >= 0.6 is 11.8 Å². The van der Waals surface area contributed by atoms with Gasteiger partial charge in [-0.3, -0.25) is 14.5 Å². The Morgan fingerprint density at radius 1 is 1.32 bits per heavy atom. The van der Waals surface area contributed by atoms with E-state index in [1.165, 1.54) is 16.7 Å². The van der Waals surface area contributed by atoms with Gasteiger partial charge in [-0.1, -0.05) is 0 Å². The van der Waals surface area contributed by atoms with Gasteiger partial charge in [0.2, 0.25) is 5.91 Å². The van der Waals surface area contributed by atoms with Gasteiger partial charge in [-0.15, -0.1) is 11.8 Å². The number of rotatable bonds is 4. The number of carboxylic acid groups (broad SMARTS) is 1. The average Bonchev–Trinajstić information content (AvgIpc) is 3.07. The summed E-state index contributed by atoms with van der Waals surface area (Å²) in [5.41, 5.74) is 7.44. The fourth-order valence-corrected chi connectivity index (χ4v) is 4.87. The summed E-state index contributed by atoms with van der Waals surface area (Å²) in [6, 6.07) is 6.51. The Hall–Kier alpha value is -2.78. The predicted molar refractivity (Wildman–Crippen MR) is 104 cm³/mol. The fraction of sp³-hybridized carbons (Fsp3) is 0.316. The number of anilines is 1. The Kier molecular flexibility index (Phi) is 4.64. The molecule has 0 aliphatic carbocycles. The van der Waals surface area contributed by atoms with Crippen molar-refractivity contribution in [1.82, 2.24) is 4.90 Å². The summed E-state index contributed by atoms with van der Waals surface area (Å²) in [5, 5.41) is 9.26. The predicted octanol–water partition coefficient (Wildman–Crippen LogP) is 0.939. The van der Waals surface area contributed by atoms with E-state index < -0.39 is 17.9 Å². The van der Waals surface area contributed by atoms with Crippen LogP contribution < -0.4 is 15.4 Å². The zero-order chi connectivity index (χ0) is 20.0. The number of methoxy groups -OCH3 is 1. The van der Waals surface area contributed by atoms with Gasteiger partial charge in [0.05, 0.1) is 7.11 Å². The first-order valence-corrected chi connectivity index (χ1v) is 9.80. The van der Waals surface area contributed by atoms with E-state index in [-0.39, 0.29) is 17.0 Å². The zero-order valence-corrected chi connectivity index (χ0v) is 15.9. The Morgan fingerprint density at radius 3 is 2.68 bits per heavy atom. The monoisotopic (exact) mass is 401 g/mol. The number of nitrogens with two attached hydrogens (primary N) is 1. The van der Waals surface area contributed by atoms with Crippen molar-refractivity contribution in [3.63, 3.8) is 0 Å². The van der Waals surface area contributed by atoms with Gasteiger partial charge in [-0.05, 0) is 42.3 Å². The van der Waals surface area contributed by atoms with Crippen LogP contribution in [0.15, 0.2) is 47.2 Å². The van der Waals surface area contributed by atoms with Crippen LogP contribution in [0.4, 0.5) is 5.69 Å². The van der Waals surface area contributed by atoms with Gasteiger partial charge in [0, 0.05) is 23.6 Å². The van der Waals surface area contributed by atoms with Gasteiger partial charge in [-0.25, -0.2) is 4.79 Å². The van der Waals surface area contributed by atoms with Crippen LogP contribution in [-0.2, 0) is 14.4 Å². The van der Waals surface area contributed by atoms with E-state index >= 15 is 0 Å². The van der Waals surface area contributed by atoms with Gasteiger partial charge in [-0.2, -0.15) is 0 Å². The molecule has 0 aromatic heterocycles. The number of amides is 2. The maximum Gasteiger partial charge on any atom is 0.352 e. The van der Waals surface area contributed by atoms with E-state index in [1.807, 2.05) is 12.1 Å². The zero-order valence-electron chi connectivity index (χ0n) is 15.1. The summed E-state index contributed by atoms with van der Waals surface area (Å²) in [4.78, 5) is 39.5. The molecule has 4 rings (SSSR count). The third kappa shape index (κ3) is 2.87. The number of benzene rings is 1. The number of thioether (sulfide) groups is 1. The van der Waals surface area contributed by atoms with E-state index in [2.05, 4.69) is 0 Å². The standard InChI is InChI=1S/C19H19N3O5S/c1-27-13-4-2-12(3-5-13)21-7-6-10(16(21)23)8-11-9-28-18-14(20)17(24)22(18)15(11)19(25)26/h2-5,8,14,18H,6-7,9,20H2,1H3,(H,25,26)/b10-8+. The Morgan fingerprint density at radius 2 is 2.04 bits per heavy atom. The van der Waals surface area contributed by atoms with Crippen molar-refractivity contribution < 1.29 is 24.2 Å². The highest BCUT2D eigenvalue weighted by Crippen LogP contribution is 2.40. The molecule has 28 heavy (non-hydrogen) atoms. The Balaban J connectivity index is 1.62. The second-order valence-corrected chi connectivity index (χ2v) is 7.79. The van der Waals surface area contributed by atoms with Crippen molar-refractivity contribution in [2.24, 2.45) is 5.73 Å². The summed E-state index contributed by atoms with van der Waals surface area (Å²) < 4.78 is 5.14. The number of aliphatic carboxylic acids is 1. The molecule has 1 aromatic rings. The van der Waals surface area contributed by atoms with Crippen LogP contribution in [0.5, 0.6) is 5.75 Å². The van der Waals surface area contributed by atoms with E-state index in [0.717, 1.165) is 5.69 Å². The van der Waals surface area contributed by atoms with Gasteiger partial charge in [0.15, 0.2) is 0 Å². The number of β-lactam (4-membered cyclic amide) rings is 1. The van der Waals surface area contributed by atoms with E-state index in [0.29, 0.717) is 35.6 Å². The molecule has 3 aliphatic rings. The first-order chi connectivity index (χ1) is 13.4. The van der Waals surface area contributed by atoms with Crippen molar-refractivity contribution in [3.8, 4) is 5.75 Å². The number of nitrogens with zero attached hydrogens (tertiary/aromatic N) is 2. The Labute approximate surface area is 165 Å². The molecule has 2 atom stereocenters. The van der Waals surface area contributed by atoms with E-state index in [1.54, 1.807) is 30.2 Å². The average molecular weight is 401 g/mol. The third-order valence-electron chi connectivity index (χ3n) is 5.10. The smallest absolute Gasteiger partial charge is 0.352 e. The van der Waals surface area contributed by atoms with Crippen LogP contribution in [0.3, 0.4) is 0 Å². The minimum atomic E-state index is -1.19. The topological polar surface area (TPSA) is 113 Å². The highest BCUT2D eigenvalue weighted by Gasteiger charge is 2.51. The van der Waals surface area contributed by atoms with Gasteiger partial charge in [0.25, 0.3) is 5.91 Å². The molecule has 0 saturated carbocycles. The first-order valence-electron chi connectivity index (χ1n) is 8.75. The molecule has 2 fully saturated rings. The minimum absolute atomic E-state index is 0.0707. The van der Waals surface area contributed by atoms with Crippen molar-refractivity contribution in [2.75, 3.05) is 24.3 Å². The molecule has 2 saturated heterocycles. The summed E-state index contributed by atoms with van der Waals surface area (Å²) in [6.45, 7) is 0.510. The largest absolute Gasteiger partial charge is 0.497 e. The molecule has 2 unspecified atom stereocenters. The summed E-state index contributed by atoms with van der Waals surface area (Å²) >= 11 is 1.42. The van der Waals surface area contributed by atoms with E-state index in [9.17, 15) is 19.5 Å². The van der Waals surface area contributed by atoms with Crippen LogP contribution in [0, 0.1) is 0 Å². The molecule has 0 spiro atoms. The molecule has 3 heterocycles. The number of carbonyl (C=O) groups is 3. The number of fused-ring (bicyclic) bond motifs is 1. The molecule has 0 radical (unpaired) electrons. The second-order valence-electron chi connectivity index (χ2n) is 6.69. The second kappa shape index (κ2) is 6.99. The third-order valence-corrected chi connectivity index (χ3v) is 6.42. The molecule has 146 valence electrons. The summed E-state index contributed by atoms with van der Waals surface area (Å²) in [5.74, 6) is -0.656. The molecule has 9 heteroatoms. The van der Waals surface area contributed by atoms with Gasteiger partial charge >= 0.3 is 5.97 Å². The lowest BCUT2D eigenvalue weighted by Gasteiger charge is -2.47. The maximum absolute atomic E-state index is 12.8. The molecular formula is C19H19N3O5S. The summed E-state index contributed by atoms with van der Waals surface area (Å²) in [6.07, 6.45) is 2.12. The van der Waals surface area contributed by atoms with E-state index in [4.69, 9.17) is 10.5 Å². The highest BCUT2D eigenvalue weighted by molar-refractivity contribution is 8.00. The molecule has 1 aromatic carbocycles. The summed E-state index contributed by atoms with van der Waals surface area (Å²) in [7, 11) is 1.58. The minimum Gasteiger partial charge on any atom is -0.497 e. The lowest BCUT2D eigenvalue weighted by atomic mass is 10.0.